The summed E-state index contributed by atoms with van der Waals surface area (Å²) in [6.45, 7) is 7.60. The monoisotopic (exact) mass is 169 g/mol. The van der Waals surface area contributed by atoms with Crippen molar-refractivity contribution in [2.24, 2.45) is 5.92 Å². The Kier molecular flexibility index (Phi) is 7.17. The Hall–Kier alpha value is -0.300. The maximum Gasteiger partial charge on any atom is 0.00896 e. The highest BCUT2D eigenvalue weighted by molar-refractivity contribution is 4.75. The van der Waals surface area contributed by atoms with Gasteiger partial charge >= 0.3 is 0 Å². The summed E-state index contributed by atoms with van der Waals surface area (Å²) in [4.78, 5) is 0. The Balaban J connectivity index is 0.000000354. The van der Waals surface area contributed by atoms with Crippen LogP contribution in [0.4, 0.5) is 0 Å². The fourth-order valence-corrected chi connectivity index (χ4v) is 1.75. The van der Waals surface area contributed by atoms with E-state index in [2.05, 4.69) is 25.9 Å². The van der Waals surface area contributed by atoms with Crippen LogP contribution in [0.5, 0.6) is 0 Å². The van der Waals surface area contributed by atoms with E-state index in [1.54, 1.807) is 6.08 Å². The molecule has 0 heterocycles. The average Bonchev–Trinajstić information content (AvgIpc) is 2.07. The van der Waals surface area contributed by atoms with Crippen molar-refractivity contribution in [3.05, 3.63) is 12.7 Å². The zero-order valence-corrected chi connectivity index (χ0v) is 8.77. The first-order valence-corrected chi connectivity index (χ1v) is 5.00. The summed E-state index contributed by atoms with van der Waals surface area (Å²) >= 11 is 0. The second kappa shape index (κ2) is 7.35. The summed E-state index contributed by atoms with van der Waals surface area (Å²) in [5, 5.41) is 3.35. The molecular formula is C11H23N. The smallest absolute Gasteiger partial charge is 0.00896 e. The van der Waals surface area contributed by atoms with E-state index in [4.69, 9.17) is 0 Å². The Morgan fingerprint density at radius 3 is 2.17 bits per heavy atom. The van der Waals surface area contributed by atoms with Crippen molar-refractivity contribution in [3.8, 4) is 0 Å². The molecule has 0 aromatic carbocycles. The number of rotatable bonds is 1. The maximum absolute atomic E-state index is 3.36. The van der Waals surface area contributed by atoms with Gasteiger partial charge in [0.25, 0.3) is 0 Å². The van der Waals surface area contributed by atoms with Crippen LogP contribution in [0.1, 0.15) is 39.5 Å². The highest BCUT2D eigenvalue weighted by atomic mass is 14.9. The number of allylic oxidation sites excluding steroid dienone is 1. The van der Waals surface area contributed by atoms with E-state index in [9.17, 15) is 0 Å². The molecule has 0 saturated heterocycles. The van der Waals surface area contributed by atoms with E-state index in [0.717, 1.165) is 12.0 Å². The van der Waals surface area contributed by atoms with Gasteiger partial charge in [0.15, 0.2) is 0 Å². The summed E-state index contributed by atoms with van der Waals surface area (Å²) in [6, 6.07) is 0.804. The van der Waals surface area contributed by atoms with Crippen LogP contribution < -0.4 is 5.32 Å². The van der Waals surface area contributed by atoms with Gasteiger partial charge in [-0.1, -0.05) is 25.8 Å². The lowest BCUT2D eigenvalue weighted by atomic mass is 9.86. The third kappa shape index (κ3) is 4.55. The van der Waals surface area contributed by atoms with Gasteiger partial charge in [-0.3, -0.25) is 0 Å². The largest absolute Gasteiger partial charge is 0.317 e. The van der Waals surface area contributed by atoms with Gasteiger partial charge in [-0.2, -0.15) is 0 Å². The lowest BCUT2D eigenvalue weighted by molar-refractivity contribution is 0.294. The molecule has 0 radical (unpaired) electrons. The van der Waals surface area contributed by atoms with Gasteiger partial charge in [0.05, 0.1) is 0 Å². The lowest BCUT2D eigenvalue weighted by Crippen LogP contribution is -2.34. The molecule has 0 amide bonds. The molecule has 0 aliphatic heterocycles. The zero-order chi connectivity index (χ0) is 9.40. The van der Waals surface area contributed by atoms with Crippen molar-refractivity contribution in [2.75, 3.05) is 7.05 Å². The first kappa shape index (κ1) is 11.7. The fourth-order valence-electron chi connectivity index (χ4n) is 1.75. The van der Waals surface area contributed by atoms with Gasteiger partial charge < -0.3 is 5.32 Å². The van der Waals surface area contributed by atoms with E-state index in [1.807, 2.05) is 6.92 Å². The Morgan fingerprint density at radius 1 is 1.33 bits per heavy atom. The lowest BCUT2D eigenvalue weighted by Gasteiger charge is -2.27. The summed E-state index contributed by atoms with van der Waals surface area (Å²) in [6.07, 6.45) is 7.43. The van der Waals surface area contributed by atoms with Gasteiger partial charge in [-0.25, -0.2) is 0 Å². The molecule has 72 valence electrons. The number of nitrogens with one attached hydrogen (secondary N) is 1. The first-order chi connectivity index (χ1) is 5.76. The molecule has 0 bridgehead atoms. The predicted molar refractivity (Wildman–Crippen MR) is 56.4 cm³/mol. The molecule has 1 fully saturated rings. The molecule has 1 nitrogen and oxygen atoms in total. The molecule has 1 aliphatic carbocycles. The average molecular weight is 169 g/mol. The number of hydrogen-bond acceptors (Lipinski definition) is 1. The van der Waals surface area contributed by atoms with Crippen molar-refractivity contribution < 1.29 is 0 Å². The topological polar surface area (TPSA) is 12.0 Å². The summed E-state index contributed by atoms with van der Waals surface area (Å²) in [7, 11) is 2.08. The van der Waals surface area contributed by atoms with Crippen LogP contribution in [0, 0.1) is 5.92 Å². The molecule has 2 unspecified atom stereocenters. The second-order valence-corrected chi connectivity index (χ2v) is 3.57. The molecule has 0 aromatic heterocycles. The van der Waals surface area contributed by atoms with Gasteiger partial charge in [-0.15, -0.1) is 6.58 Å². The minimum Gasteiger partial charge on any atom is -0.317 e. The summed E-state index contributed by atoms with van der Waals surface area (Å²) < 4.78 is 0. The predicted octanol–water partition coefficient (Wildman–Crippen LogP) is 2.98. The van der Waals surface area contributed by atoms with E-state index in [-0.39, 0.29) is 0 Å². The quantitative estimate of drug-likeness (QED) is 0.595. The molecule has 2 atom stereocenters. The highest BCUT2D eigenvalue weighted by Crippen LogP contribution is 2.22. The van der Waals surface area contributed by atoms with Gasteiger partial charge in [0.2, 0.25) is 0 Å². The van der Waals surface area contributed by atoms with Crippen molar-refractivity contribution >= 4 is 0 Å². The van der Waals surface area contributed by atoms with Crippen LogP contribution in [0.25, 0.3) is 0 Å². The third-order valence-electron chi connectivity index (χ3n) is 2.48. The molecule has 1 N–H and O–H groups in total. The molecule has 1 saturated carbocycles. The normalized spacial score (nSPS) is 28.6. The molecule has 0 aromatic rings. The minimum absolute atomic E-state index is 0.804. The maximum atomic E-state index is 3.36. The Morgan fingerprint density at radius 2 is 1.83 bits per heavy atom. The SMILES string of the molecule is C=CC.CNC1CCCCC1C. The van der Waals surface area contributed by atoms with Crippen LogP contribution in [0.2, 0.25) is 0 Å². The first-order valence-electron chi connectivity index (χ1n) is 5.00. The van der Waals surface area contributed by atoms with Gasteiger partial charge in [-0.05, 0) is 32.7 Å². The van der Waals surface area contributed by atoms with Crippen molar-refractivity contribution in [1.29, 1.82) is 0 Å². The van der Waals surface area contributed by atoms with Crippen molar-refractivity contribution in [3.63, 3.8) is 0 Å². The van der Waals surface area contributed by atoms with Gasteiger partial charge in [0, 0.05) is 6.04 Å². The third-order valence-corrected chi connectivity index (χ3v) is 2.48. The molecule has 12 heavy (non-hydrogen) atoms. The summed E-state index contributed by atoms with van der Waals surface area (Å²) in [5.41, 5.74) is 0. The molecule has 1 aliphatic rings. The van der Waals surface area contributed by atoms with Crippen molar-refractivity contribution in [2.45, 2.75) is 45.6 Å². The Labute approximate surface area is 77.2 Å². The van der Waals surface area contributed by atoms with Crippen LogP contribution in [-0.4, -0.2) is 13.1 Å². The standard InChI is InChI=1S/C8H17N.C3H6/c1-7-5-3-4-6-8(7)9-2;1-3-2/h7-9H,3-6H2,1-2H3;3H,1H2,2H3. The second-order valence-electron chi connectivity index (χ2n) is 3.57. The van der Waals surface area contributed by atoms with Crippen molar-refractivity contribution in [1.82, 2.24) is 5.32 Å². The molecule has 1 heteroatoms. The van der Waals surface area contributed by atoms with E-state index < -0.39 is 0 Å². The van der Waals surface area contributed by atoms with E-state index in [0.29, 0.717) is 0 Å². The summed E-state index contributed by atoms with van der Waals surface area (Å²) in [5.74, 6) is 0.906. The zero-order valence-electron chi connectivity index (χ0n) is 8.77. The molecular weight excluding hydrogens is 146 g/mol. The van der Waals surface area contributed by atoms with Crippen LogP contribution in [0.15, 0.2) is 12.7 Å². The van der Waals surface area contributed by atoms with E-state index in [1.165, 1.54) is 25.7 Å². The molecule has 1 rings (SSSR count). The fraction of sp³-hybridized carbons (Fsp3) is 0.818. The molecule has 0 spiro atoms. The van der Waals surface area contributed by atoms with Crippen LogP contribution >= 0.6 is 0 Å². The number of hydrogen-bond donors (Lipinski definition) is 1. The van der Waals surface area contributed by atoms with Gasteiger partial charge in [0.1, 0.15) is 0 Å². The van der Waals surface area contributed by atoms with E-state index >= 15 is 0 Å². The minimum atomic E-state index is 0.804. The highest BCUT2D eigenvalue weighted by Gasteiger charge is 2.18. The van der Waals surface area contributed by atoms with Crippen LogP contribution in [0.3, 0.4) is 0 Å². The van der Waals surface area contributed by atoms with Crippen LogP contribution in [-0.2, 0) is 0 Å². The Bertz CT molecular complexity index is 110.